The van der Waals surface area contributed by atoms with Gasteiger partial charge in [0.2, 0.25) is 5.03 Å². The molecule has 6 nitrogen and oxygen atoms in total. The van der Waals surface area contributed by atoms with Gasteiger partial charge in [-0.15, -0.1) is 11.8 Å². The van der Waals surface area contributed by atoms with E-state index in [9.17, 15) is 17.6 Å². The minimum absolute atomic E-state index is 0.0185. The molecule has 0 unspecified atom stereocenters. The Morgan fingerprint density at radius 3 is 2.94 bits per heavy atom. The van der Waals surface area contributed by atoms with Crippen LogP contribution in [0.5, 0.6) is 0 Å². The third kappa shape index (κ3) is 2.20. The van der Waals surface area contributed by atoms with Gasteiger partial charge in [0.25, 0.3) is 10.0 Å². The lowest BCUT2D eigenvalue weighted by Crippen LogP contribution is -2.42. The van der Waals surface area contributed by atoms with Gasteiger partial charge in [0.15, 0.2) is 5.82 Å². The average molecular weight is 292 g/mol. The van der Waals surface area contributed by atoms with Gasteiger partial charge < -0.3 is 5.11 Å². The van der Waals surface area contributed by atoms with Crippen molar-refractivity contribution in [2.45, 2.75) is 11.1 Å². The molecule has 1 aromatic rings. The summed E-state index contributed by atoms with van der Waals surface area (Å²) in [4.78, 5) is 14.4. The Labute approximate surface area is 107 Å². The van der Waals surface area contributed by atoms with Crippen molar-refractivity contribution < 1.29 is 22.7 Å². The monoisotopic (exact) mass is 292 g/mol. The van der Waals surface area contributed by atoms with Gasteiger partial charge >= 0.3 is 5.97 Å². The summed E-state index contributed by atoms with van der Waals surface area (Å²) < 4.78 is 38.4. The maximum absolute atomic E-state index is 13.4. The minimum Gasteiger partial charge on any atom is -0.480 e. The Kier molecular flexibility index (Phi) is 3.55. The summed E-state index contributed by atoms with van der Waals surface area (Å²) in [6.45, 7) is 0. The second kappa shape index (κ2) is 4.82. The third-order valence-corrected chi connectivity index (χ3v) is 5.37. The summed E-state index contributed by atoms with van der Waals surface area (Å²) in [5.41, 5.74) is 0. The fourth-order valence-corrected chi connectivity index (χ4v) is 4.65. The van der Waals surface area contributed by atoms with E-state index in [-0.39, 0.29) is 11.6 Å². The molecule has 0 aromatic carbocycles. The summed E-state index contributed by atoms with van der Waals surface area (Å²) in [7, 11) is -4.22. The molecule has 1 aromatic heterocycles. The zero-order valence-electron chi connectivity index (χ0n) is 8.98. The first-order valence-corrected chi connectivity index (χ1v) is 7.47. The molecule has 0 spiro atoms. The Bertz CT molecular complexity index is 578. The molecule has 1 aliphatic heterocycles. The summed E-state index contributed by atoms with van der Waals surface area (Å²) >= 11 is 1.16. The van der Waals surface area contributed by atoms with Gasteiger partial charge in [-0.05, 0) is 12.1 Å². The maximum Gasteiger partial charge on any atom is 0.322 e. The number of carbonyl (C=O) groups is 1. The van der Waals surface area contributed by atoms with Crippen LogP contribution in [-0.2, 0) is 14.8 Å². The van der Waals surface area contributed by atoms with E-state index in [1.165, 1.54) is 6.07 Å². The lowest BCUT2D eigenvalue weighted by Gasteiger charge is -2.19. The Morgan fingerprint density at radius 1 is 1.61 bits per heavy atom. The minimum atomic E-state index is -4.22. The van der Waals surface area contributed by atoms with Crippen molar-refractivity contribution >= 4 is 27.8 Å². The number of nitrogens with zero attached hydrogens (tertiary/aromatic N) is 2. The van der Waals surface area contributed by atoms with Crippen LogP contribution < -0.4 is 0 Å². The molecule has 1 aliphatic rings. The van der Waals surface area contributed by atoms with Crippen LogP contribution in [0.3, 0.4) is 0 Å². The molecule has 9 heteroatoms. The van der Waals surface area contributed by atoms with Gasteiger partial charge in [-0.3, -0.25) is 4.79 Å². The van der Waals surface area contributed by atoms with Crippen LogP contribution in [0.15, 0.2) is 23.4 Å². The van der Waals surface area contributed by atoms with E-state index in [0.29, 0.717) is 0 Å². The largest absolute Gasteiger partial charge is 0.480 e. The molecule has 0 saturated carbocycles. The quantitative estimate of drug-likeness (QED) is 0.866. The van der Waals surface area contributed by atoms with Crippen LogP contribution in [0.4, 0.5) is 4.39 Å². The predicted octanol–water partition coefficient (Wildman–Crippen LogP) is 0.369. The van der Waals surface area contributed by atoms with Crippen molar-refractivity contribution in [3.63, 3.8) is 0 Å². The van der Waals surface area contributed by atoms with Crippen LogP contribution in [0, 0.1) is 5.82 Å². The van der Waals surface area contributed by atoms with Crippen molar-refractivity contribution in [2.24, 2.45) is 0 Å². The molecule has 2 heterocycles. The lowest BCUT2D eigenvalue weighted by atomic mass is 10.4. The van der Waals surface area contributed by atoms with E-state index in [0.717, 1.165) is 28.3 Å². The van der Waals surface area contributed by atoms with Gasteiger partial charge in [0.1, 0.15) is 6.04 Å². The maximum atomic E-state index is 13.4. The Hall–Kier alpha value is -1.19. The zero-order valence-corrected chi connectivity index (χ0v) is 10.6. The third-order valence-electron chi connectivity index (χ3n) is 2.40. The predicted molar refractivity (Wildman–Crippen MR) is 62.0 cm³/mol. The van der Waals surface area contributed by atoms with Crippen LogP contribution >= 0.6 is 11.8 Å². The number of carboxylic acid groups (broad SMARTS) is 1. The molecule has 0 radical (unpaired) electrons. The van der Waals surface area contributed by atoms with Gasteiger partial charge in [-0.25, -0.2) is 17.8 Å². The summed E-state index contributed by atoms with van der Waals surface area (Å²) in [6, 6.07) is 1.06. The van der Waals surface area contributed by atoms with Crippen LogP contribution in [0.2, 0.25) is 0 Å². The normalized spacial score (nSPS) is 21.1. The van der Waals surface area contributed by atoms with E-state index < -0.39 is 32.9 Å². The SMILES string of the molecule is O=C(O)[C@@H]1CSCN1S(=O)(=O)c1ncccc1F. The van der Waals surface area contributed by atoms with Crippen LogP contribution in [0.25, 0.3) is 0 Å². The van der Waals surface area contributed by atoms with Gasteiger partial charge in [0, 0.05) is 11.9 Å². The molecule has 0 aliphatic carbocycles. The van der Waals surface area contributed by atoms with Crippen molar-refractivity contribution in [3.05, 3.63) is 24.1 Å². The molecule has 0 amide bonds. The van der Waals surface area contributed by atoms with Crippen LogP contribution in [0.1, 0.15) is 0 Å². The molecule has 1 N–H and O–H groups in total. The summed E-state index contributed by atoms with van der Waals surface area (Å²) in [6.07, 6.45) is 1.15. The summed E-state index contributed by atoms with van der Waals surface area (Å²) in [5.74, 6) is -2.11. The number of rotatable bonds is 3. The Morgan fingerprint density at radius 2 is 2.33 bits per heavy atom. The number of pyridine rings is 1. The molecule has 18 heavy (non-hydrogen) atoms. The van der Waals surface area contributed by atoms with Gasteiger partial charge in [-0.1, -0.05) is 0 Å². The van der Waals surface area contributed by atoms with Gasteiger partial charge in [-0.2, -0.15) is 4.31 Å². The highest BCUT2D eigenvalue weighted by molar-refractivity contribution is 8.00. The molecule has 1 atom stereocenters. The lowest BCUT2D eigenvalue weighted by molar-refractivity contribution is -0.140. The first kappa shape index (κ1) is 13.2. The topological polar surface area (TPSA) is 87.6 Å². The summed E-state index contributed by atoms with van der Waals surface area (Å²) in [5, 5.41) is 8.19. The number of sulfonamides is 1. The molecule has 0 bridgehead atoms. The fraction of sp³-hybridized carbons (Fsp3) is 0.333. The number of aliphatic carboxylic acids is 1. The fourth-order valence-electron chi connectivity index (χ4n) is 1.53. The number of halogens is 1. The molecule has 98 valence electrons. The molecular formula is C9H9FN2O4S2. The first-order valence-electron chi connectivity index (χ1n) is 4.87. The van der Waals surface area contributed by atoms with E-state index in [4.69, 9.17) is 5.11 Å². The van der Waals surface area contributed by atoms with Gasteiger partial charge in [0.05, 0.1) is 5.88 Å². The highest BCUT2D eigenvalue weighted by atomic mass is 32.2. The smallest absolute Gasteiger partial charge is 0.322 e. The number of aromatic nitrogens is 1. The van der Waals surface area contributed by atoms with Crippen molar-refractivity contribution in [2.75, 3.05) is 11.6 Å². The van der Waals surface area contributed by atoms with Crippen molar-refractivity contribution in [3.8, 4) is 0 Å². The Balaban J connectivity index is 2.43. The number of hydrogen-bond donors (Lipinski definition) is 1. The van der Waals surface area contributed by atoms with E-state index in [1.807, 2.05) is 0 Å². The number of hydrogen-bond acceptors (Lipinski definition) is 5. The molecule has 1 saturated heterocycles. The van der Waals surface area contributed by atoms with E-state index in [1.54, 1.807) is 0 Å². The average Bonchev–Trinajstić information content (AvgIpc) is 2.78. The number of thioether (sulfide) groups is 1. The first-order chi connectivity index (χ1) is 8.44. The number of carboxylic acids is 1. The second-order valence-electron chi connectivity index (χ2n) is 3.54. The van der Waals surface area contributed by atoms with Crippen molar-refractivity contribution in [1.29, 1.82) is 0 Å². The standard InChI is InChI=1S/C9H9FN2O4S2/c10-6-2-1-3-11-8(6)18(15,16)12-5-17-4-7(12)9(13)14/h1-3,7H,4-5H2,(H,13,14)/t7-/m0/s1. The molecule has 1 fully saturated rings. The second-order valence-corrected chi connectivity index (χ2v) is 6.34. The molecular weight excluding hydrogens is 283 g/mol. The molecule has 2 rings (SSSR count). The zero-order chi connectivity index (χ0) is 13.3. The van der Waals surface area contributed by atoms with E-state index in [2.05, 4.69) is 4.98 Å². The van der Waals surface area contributed by atoms with Crippen LogP contribution in [-0.4, -0.2) is 46.5 Å². The highest BCUT2D eigenvalue weighted by Crippen LogP contribution is 2.28. The highest BCUT2D eigenvalue weighted by Gasteiger charge is 2.41. The van der Waals surface area contributed by atoms with E-state index >= 15 is 0 Å². The van der Waals surface area contributed by atoms with Crippen molar-refractivity contribution in [1.82, 2.24) is 9.29 Å².